The number of rotatable bonds is 1. The van der Waals surface area contributed by atoms with E-state index in [2.05, 4.69) is 0 Å². The van der Waals surface area contributed by atoms with Crippen LogP contribution in [0.25, 0.3) is 5.70 Å². The molecular weight excluding hydrogens is 298 g/mol. The normalized spacial score (nSPS) is 27.8. The van der Waals surface area contributed by atoms with Gasteiger partial charge in [0, 0.05) is 22.1 Å². The highest BCUT2D eigenvalue weighted by Gasteiger charge is 2.45. The van der Waals surface area contributed by atoms with Gasteiger partial charge in [-0.3, -0.25) is 0 Å². The van der Waals surface area contributed by atoms with Crippen LogP contribution in [0.15, 0.2) is 34.6 Å². The lowest BCUT2D eigenvalue weighted by atomic mass is 9.95. The van der Waals surface area contributed by atoms with Crippen LogP contribution in [-0.2, 0) is 10.8 Å². The lowest BCUT2D eigenvalue weighted by Crippen LogP contribution is -1.98. The summed E-state index contributed by atoms with van der Waals surface area (Å²) in [4.78, 5) is 0.730. The van der Waals surface area contributed by atoms with E-state index in [1.54, 1.807) is 5.41 Å². The fourth-order valence-corrected chi connectivity index (χ4v) is 5.54. The predicted molar refractivity (Wildman–Crippen MR) is 83.3 cm³/mol. The molecule has 3 atom stereocenters. The molecule has 1 aliphatic heterocycles. The van der Waals surface area contributed by atoms with Crippen molar-refractivity contribution in [1.82, 2.24) is 4.57 Å². The van der Waals surface area contributed by atoms with E-state index >= 15 is 0 Å². The second kappa shape index (κ2) is 4.04. The van der Waals surface area contributed by atoms with E-state index in [0.29, 0.717) is 17.5 Å². The highest BCUT2D eigenvalue weighted by Crippen LogP contribution is 2.60. The van der Waals surface area contributed by atoms with Gasteiger partial charge in [0.05, 0.1) is 21.4 Å². The maximum absolute atomic E-state index is 12.2. The largest absolute Gasteiger partial charge is 0.494 e. The maximum Gasteiger partial charge on any atom is 0.202 e. The van der Waals surface area contributed by atoms with E-state index in [0.717, 1.165) is 40.8 Å². The fraction of sp³-hybridized carbons (Fsp3) is 0.294. The first-order chi connectivity index (χ1) is 10.7. The summed E-state index contributed by atoms with van der Waals surface area (Å²) in [5, 5.41) is 23.0. The van der Waals surface area contributed by atoms with Crippen molar-refractivity contribution in [3.05, 3.63) is 46.4 Å². The van der Waals surface area contributed by atoms with Gasteiger partial charge in [0.2, 0.25) is 11.8 Å². The number of nitrogens with zero attached hydrogens (tertiary/aromatic N) is 1. The first kappa shape index (κ1) is 12.5. The summed E-state index contributed by atoms with van der Waals surface area (Å²) < 4.78 is 13.7. The van der Waals surface area contributed by atoms with Crippen LogP contribution in [0.5, 0.6) is 11.8 Å². The van der Waals surface area contributed by atoms with Gasteiger partial charge in [-0.2, -0.15) is 0 Å². The lowest BCUT2D eigenvalue weighted by molar-refractivity contribution is 0.397. The van der Waals surface area contributed by atoms with Crippen molar-refractivity contribution in [3.8, 4) is 11.8 Å². The third kappa shape index (κ3) is 1.35. The van der Waals surface area contributed by atoms with Gasteiger partial charge < -0.3 is 10.2 Å². The lowest BCUT2D eigenvalue weighted by Gasteiger charge is -2.11. The van der Waals surface area contributed by atoms with Gasteiger partial charge in [-0.15, -0.1) is 0 Å². The topological polar surface area (TPSA) is 62.5 Å². The molecule has 5 rings (SSSR count). The van der Waals surface area contributed by atoms with E-state index in [1.165, 1.54) is 4.57 Å². The molecule has 0 saturated heterocycles. The number of aromatic hydroxyl groups is 2. The second-order valence-electron chi connectivity index (χ2n) is 6.31. The molecule has 1 aromatic heterocycles. The zero-order chi connectivity index (χ0) is 15.0. The van der Waals surface area contributed by atoms with Crippen LogP contribution >= 0.6 is 0 Å². The minimum Gasteiger partial charge on any atom is -0.494 e. The summed E-state index contributed by atoms with van der Waals surface area (Å²) in [6, 6.07) is 7.43. The molecule has 2 heterocycles. The van der Waals surface area contributed by atoms with Gasteiger partial charge in [0.25, 0.3) is 0 Å². The fourth-order valence-electron chi connectivity index (χ4n) is 4.38. The smallest absolute Gasteiger partial charge is 0.202 e. The van der Waals surface area contributed by atoms with Crippen LogP contribution < -0.4 is 0 Å². The van der Waals surface area contributed by atoms with Crippen molar-refractivity contribution >= 4 is 16.5 Å². The first-order valence-corrected chi connectivity index (χ1v) is 8.76. The molecule has 4 nitrogen and oxygen atoms in total. The van der Waals surface area contributed by atoms with Gasteiger partial charge in [0.1, 0.15) is 0 Å². The summed E-state index contributed by atoms with van der Waals surface area (Å²) in [7, 11) is -1.23. The molecular formula is C17H15NO3S. The van der Waals surface area contributed by atoms with Crippen LogP contribution in [0, 0.1) is 0 Å². The zero-order valence-electron chi connectivity index (χ0n) is 11.8. The molecule has 3 aliphatic rings. The number of hydrogen-bond donors (Lipinski definition) is 2. The van der Waals surface area contributed by atoms with Gasteiger partial charge >= 0.3 is 0 Å². The van der Waals surface area contributed by atoms with Crippen LogP contribution in [0.3, 0.4) is 0 Å². The van der Waals surface area contributed by atoms with E-state index in [4.69, 9.17) is 0 Å². The molecule has 0 radical (unpaired) electrons. The monoisotopic (exact) mass is 313 g/mol. The summed E-state index contributed by atoms with van der Waals surface area (Å²) in [5.74, 6) is 0.962. The van der Waals surface area contributed by atoms with Crippen LogP contribution in [-0.4, -0.2) is 19.0 Å². The van der Waals surface area contributed by atoms with Crippen molar-refractivity contribution in [2.45, 2.75) is 36.0 Å². The molecule has 2 bridgehead atoms. The second-order valence-corrected chi connectivity index (χ2v) is 7.58. The van der Waals surface area contributed by atoms with E-state index in [1.807, 2.05) is 24.3 Å². The summed E-state index contributed by atoms with van der Waals surface area (Å²) in [5.41, 5.74) is 3.25. The number of fused-ring (bicyclic) bond motifs is 6. The van der Waals surface area contributed by atoms with Crippen molar-refractivity contribution in [2.24, 2.45) is 0 Å². The van der Waals surface area contributed by atoms with Crippen LogP contribution in [0.2, 0.25) is 0 Å². The molecule has 22 heavy (non-hydrogen) atoms. The molecule has 0 spiro atoms. The van der Waals surface area contributed by atoms with E-state index in [9.17, 15) is 14.4 Å². The number of aromatic nitrogens is 1. The van der Waals surface area contributed by atoms with E-state index < -0.39 is 10.8 Å². The van der Waals surface area contributed by atoms with Crippen LogP contribution in [0.4, 0.5) is 0 Å². The highest BCUT2D eigenvalue weighted by atomic mass is 32.2. The maximum atomic E-state index is 12.2. The molecule has 1 saturated carbocycles. The molecule has 1 unspecified atom stereocenters. The Labute approximate surface area is 130 Å². The minimum absolute atomic E-state index is 0.125. The molecule has 112 valence electrons. The van der Waals surface area contributed by atoms with Crippen molar-refractivity contribution in [2.75, 3.05) is 0 Å². The Morgan fingerprint density at radius 3 is 2.36 bits per heavy atom. The quantitative estimate of drug-likeness (QED) is 0.849. The molecule has 1 aromatic carbocycles. The SMILES string of the molecule is O=S1C=C(n2c(O)c3c(c2O)[C@H]2CC[C@@H]3C2)c2ccccc21. The Morgan fingerprint density at radius 1 is 1.05 bits per heavy atom. The van der Waals surface area contributed by atoms with Crippen molar-refractivity contribution in [1.29, 1.82) is 0 Å². The van der Waals surface area contributed by atoms with Gasteiger partial charge in [-0.1, -0.05) is 18.2 Å². The third-order valence-corrected chi connectivity index (χ3v) is 6.51. The summed E-state index contributed by atoms with van der Waals surface area (Å²) >= 11 is 0. The number of benzene rings is 1. The molecule has 2 N–H and O–H groups in total. The molecule has 0 amide bonds. The molecule has 1 fully saturated rings. The van der Waals surface area contributed by atoms with Gasteiger partial charge in [-0.05, 0) is 37.2 Å². The summed E-state index contributed by atoms with van der Waals surface area (Å²) in [6.07, 6.45) is 3.20. The van der Waals surface area contributed by atoms with Crippen molar-refractivity contribution < 1.29 is 14.4 Å². The van der Waals surface area contributed by atoms with Crippen LogP contribution in [0.1, 0.15) is 47.8 Å². The average Bonchev–Trinajstić information content (AvgIpc) is 3.25. The Morgan fingerprint density at radius 2 is 1.68 bits per heavy atom. The van der Waals surface area contributed by atoms with E-state index in [-0.39, 0.29) is 11.8 Å². The average molecular weight is 313 g/mol. The Balaban J connectivity index is 1.76. The Kier molecular flexibility index (Phi) is 2.30. The third-order valence-electron chi connectivity index (χ3n) is 5.28. The number of hydrogen-bond acceptors (Lipinski definition) is 3. The summed E-state index contributed by atoms with van der Waals surface area (Å²) in [6.45, 7) is 0. The predicted octanol–water partition coefficient (Wildman–Crippen LogP) is 3.23. The highest BCUT2D eigenvalue weighted by molar-refractivity contribution is 7.88. The molecule has 5 heteroatoms. The van der Waals surface area contributed by atoms with Gasteiger partial charge in [0.15, 0.2) is 0 Å². The Bertz CT molecular complexity index is 847. The van der Waals surface area contributed by atoms with Gasteiger partial charge in [-0.25, -0.2) is 8.78 Å². The first-order valence-electron chi connectivity index (χ1n) is 7.55. The van der Waals surface area contributed by atoms with Crippen molar-refractivity contribution in [3.63, 3.8) is 0 Å². The molecule has 2 aliphatic carbocycles. The zero-order valence-corrected chi connectivity index (χ0v) is 12.6. The molecule has 2 aromatic rings. The Hall–Kier alpha value is -2.01. The minimum atomic E-state index is -1.23. The standard InChI is InChI=1S/C17H15NO3S/c19-16-14-9-5-6-10(7-9)15(14)17(20)18(16)12-8-22(21)13-4-2-1-3-11(12)13/h1-4,8-10,19-20H,5-7H2/t9-,10+,22?.